The first-order chi connectivity index (χ1) is 7.27. The molecule has 2 nitrogen and oxygen atoms in total. The van der Waals surface area contributed by atoms with Crippen molar-refractivity contribution in [3.05, 3.63) is 29.8 Å². The summed E-state index contributed by atoms with van der Waals surface area (Å²) in [6.45, 7) is 3.79. The second-order valence-corrected chi connectivity index (χ2v) is 3.63. The summed E-state index contributed by atoms with van der Waals surface area (Å²) in [5, 5.41) is 3.25. The molecule has 1 aliphatic rings. The Labute approximate surface area is 112 Å². The van der Waals surface area contributed by atoms with Crippen LogP contribution in [0.5, 0.6) is 0 Å². The summed E-state index contributed by atoms with van der Waals surface area (Å²) in [6.07, 6.45) is -2.37. The smallest absolute Gasteiger partial charge is 0.263 e. The van der Waals surface area contributed by atoms with Crippen LogP contribution >= 0.6 is 24.8 Å². The number of benzene rings is 1. The average molecular weight is 285 g/mol. The SMILES string of the molecule is Cl.Cl.FC(F)c1ccc(N2CCNCC2)cc1. The Morgan fingerprint density at radius 3 is 2.00 bits per heavy atom. The Kier molecular flexibility index (Phi) is 7.43. The Balaban J connectivity index is 0.00000128. The second kappa shape index (κ2) is 7.69. The van der Waals surface area contributed by atoms with Crippen LogP contribution in [-0.4, -0.2) is 26.2 Å². The van der Waals surface area contributed by atoms with Crippen LogP contribution < -0.4 is 10.2 Å². The highest BCUT2D eigenvalue weighted by Gasteiger charge is 2.11. The minimum absolute atomic E-state index is 0. The molecule has 1 aliphatic heterocycles. The van der Waals surface area contributed by atoms with E-state index >= 15 is 0 Å². The van der Waals surface area contributed by atoms with Crippen molar-refractivity contribution >= 4 is 30.5 Å². The summed E-state index contributed by atoms with van der Waals surface area (Å²) < 4.78 is 24.6. The van der Waals surface area contributed by atoms with Crippen molar-refractivity contribution in [1.82, 2.24) is 5.32 Å². The maximum Gasteiger partial charge on any atom is 0.263 e. The third-order valence-electron chi connectivity index (χ3n) is 2.63. The highest BCUT2D eigenvalue weighted by molar-refractivity contribution is 5.85. The molecule has 0 spiro atoms. The van der Waals surface area contributed by atoms with Gasteiger partial charge in [-0.15, -0.1) is 24.8 Å². The first-order valence-corrected chi connectivity index (χ1v) is 5.11. The molecule has 6 heteroatoms. The van der Waals surface area contributed by atoms with E-state index < -0.39 is 6.43 Å². The summed E-state index contributed by atoms with van der Waals surface area (Å²) >= 11 is 0. The second-order valence-electron chi connectivity index (χ2n) is 3.63. The van der Waals surface area contributed by atoms with Crippen LogP contribution in [0.15, 0.2) is 24.3 Å². The lowest BCUT2D eigenvalue weighted by Gasteiger charge is -2.29. The number of hydrogen-bond acceptors (Lipinski definition) is 2. The monoisotopic (exact) mass is 284 g/mol. The number of anilines is 1. The Hall–Kier alpha value is -0.580. The maximum absolute atomic E-state index is 12.3. The van der Waals surface area contributed by atoms with Gasteiger partial charge in [-0.3, -0.25) is 0 Å². The lowest BCUT2D eigenvalue weighted by molar-refractivity contribution is 0.151. The lowest BCUT2D eigenvalue weighted by Crippen LogP contribution is -2.43. The van der Waals surface area contributed by atoms with Crippen LogP contribution in [-0.2, 0) is 0 Å². The molecule has 17 heavy (non-hydrogen) atoms. The van der Waals surface area contributed by atoms with Crippen LogP contribution in [0.2, 0.25) is 0 Å². The molecule has 1 aromatic rings. The number of piperazine rings is 1. The van der Waals surface area contributed by atoms with E-state index in [0.29, 0.717) is 0 Å². The molecule has 0 amide bonds. The average Bonchev–Trinajstić information content (AvgIpc) is 2.30. The number of hydrogen-bond donors (Lipinski definition) is 1. The summed E-state index contributed by atoms with van der Waals surface area (Å²) in [5.41, 5.74) is 1.12. The van der Waals surface area contributed by atoms with Gasteiger partial charge < -0.3 is 10.2 Å². The van der Waals surface area contributed by atoms with Gasteiger partial charge in [-0.1, -0.05) is 12.1 Å². The zero-order valence-electron chi connectivity index (χ0n) is 9.23. The van der Waals surface area contributed by atoms with Gasteiger partial charge in [0.25, 0.3) is 6.43 Å². The molecule has 0 aliphatic carbocycles. The molecular weight excluding hydrogens is 269 g/mol. The number of nitrogens with zero attached hydrogens (tertiary/aromatic N) is 1. The van der Waals surface area contributed by atoms with Crippen molar-refractivity contribution in [3.63, 3.8) is 0 Å². The fraction of sp³-hybridized carbons (Fsp3) is 0.455. The molecule has 0 saturated carbocycles. The largest absolute Gasteiger partial charge is 0.369 e. The first-order valence-electron chi connectivity index (χ1n) is 5.11. The third kappa shape index (κ3) is 4.30. The van der Waals surface area contributed by atoms with E-state index in [1.165, 1.54) is 12.1 Å². The van der Waals surface area contributed by atoms with Crippen LogP contribution in [0.3, 0.4) is 0 Å². The van der Waals surface area contributed by atoms with Gasteiger partial charge in [0, 0.05) is 37.4 Å². The molecule has 0 bridgehead atoms. The minimum Gasteiger partial charge on any atom is -0.369 e. The zero-order valence-corrected chi connectivity index (χ0v) is 10.9. The predicted octanol–water partition coefficient (Wildman–Crippen LogP) is 2.88. The van der Waals surface area contributed by atoms with E-state index in [-0.39, 0.29) is 30.4 Å². The number of rotatable bonds is 2. The summed E-state index contributed by atoms with van der Waals surface area (Å²) in [5.74, 6) is 0. The number of alkyl halides is 2. The van der Waals surface area contributed by atoms with Crippen LogP contribution in [0, 0.1) is 0 Å². The van der Waals surface area contributed by atoms with E-state index in [1.54, 1.807) is 12.1 Å². The normalized spacial score (nSPS) is 15.1. The Bertz CT molecular complexity index is 314. The molecule has 98 valence electrons. The number of halogens is 4. The van der Waals surface area contributed by atoms with Gasteiger partial charge in [0.05, 0.1) is 0 Å². The first kappa shape index (κ1) is 16.4. The molecule has 1 heterocycles. The van der Waals surface area contributed by atoms with Crippen LogP contribution in [0.25, 0.3) is 0 Å². The van der Waals surface area contributed by atoms with E-state index in [0.717, 1.165) is 31.9 Å². The van der Waals surface area contributed by atoms with Crippen molar-refractivity contribution in [2.75, 3.05) is 31.1 Å². The van der Waals surface area contributed by atoms with Crippen molar-refractivity contribution in [2.45, 2.75) is 6.43 Å². The molecular formula is C11H16Cl2F2N2. The van der Waals surface area contributed by atoms with Crippen molar-refractivity contribution in [3.8, 4) is 0 Å². The molecule has 2 rings (SSSR count). The van der Waals surface area contributed by atoms with E-state index in [1.807, 2.05) is 0 Å². The minimum atomic E-state index is -2.37. The Morgan fingerprint density at radius 2 is 1.53 bits per heavy atom. The van der Waals surface area contributed by atoms with E-state index in [2.05, 4.69) is 10.2 Å². The topological polar surface area (TPSA) is 15.3 Å². The van der Waals surface area contributed by atoms with Gasteiger partial charge in [0.1, 0.15) is 0 Å². The highest BCUT2D eigenvalue weighted by atomic mass is 35.5. The van der Waals surface area contributed by atoms with Crippen molar-refractivity contribution < 1.29 is 8.78 Å². The fourth-order valence-electron chi connectivity index (χ4n) is 1.75. The molecule has 0 atom stereocenters. The lowest BCUT2D eigenvalue weighted by atomic mass is 10.2. The number of nitrogens with one attached hydrogen (secondary N) is 1. The summed E-state index contributed by atoms with van der Waals surface area (Å²) in [4.78, 5) is 2.20. The Morgan fingerprint density at radius 1 is 1.00 bits per heavy atom. The van der Waals surface area contributed by atoms with Crippen molar-refractivity contribution in [2.24, 2.45) is 0 Å². The van der Waals surface area contributed by atoms with Gasteiger partial charge in [0.2, 0.25) is 0 Å². The van der Waals surface area contributed by atoms with Gasteiger partial charge in [0.15, 0.2) is 0 Å². The molecule has 0 unspecified atom stereocenters. The van der Waals surface area contributed by atoms with Gasteiger partial charge in [-0.25, -0.2) is 8.78 Å². The van der Waals surface area contributed by atoms with Crippen molar-refractivity contribution in [1.29, 1.82) is 0 Å². The van der Waals surface area contributed by atoms with Crippen LogP contribution in [0.4, 0.5) is 14.5 Å². The molecule has 1 saturated heterocycles. The molecule has 1 fully saturated rings. The summed E-state index contributed by atoms with van der Waals surface area (Å²) in [6, 6.07) is 6.55. The van der Waals surface area contributed by atoms with E-state index in [9.17, 15) is 8.78 Å². The van der Waals surface area contributed by atoms with Crippen LogP contribution in [0.1, 0.15) is 12.0 Å². The molecule has 0 radical (unpaired) electrons. The third-order valence-corrected chi connectivity index (χ3v) is 2.63. The standard InChI is InChI=1S/C11H14F2N2.2ClH/c12-11(13)9-1-3-10(4-2-9)15-7-5-14-6-8-15;;/h1-4,11,14H,5-8H2;2*1H. The summed E-state index contributed by atoms with van der Waals surface area (Å²) in [7, 11) is 0. The fourth-order valence-corrected chi connectivity index (χ4v) is 1.75. The maximum atomic E-state index is 12.3. The molecule has 1 aromatic carbocycles. The predicted molar refractivity (Wildman–Crippen MR) is 71.0 cm³/mol. The van der Waals surface area contributed by atoms with Gasteiger partial charge in [-0.05, 0) is 12.1 Å². The molecule has 1 N–H and O–H groups in total. The quantitative estimate of drug-likeness (QED) is 0.899. The molecule has 0 aromatic heterocycles. The zero-order chi connectivity index (χ0) is 10.7. The van der Waals surface area contributed by atoms with Gasteiger partial charge in [-0.2, -0.15) is 0 Å². The van der Waals surface area contributed by atoms with E-state index in [4.69, 9.17) is 0 Å². The van der Waals surface area contributed by atoms with Gasteiger partial charge >= 0.3 is 0 Å². The highest BCUT2D eigenvalue weighted by Crippen LogP contribution is 2.22.